The monoisotopic (exact) mass is 401 g/mol. The number of thioether (sulfide) groups is 1. The van der Waals surface area contributed by atoms with Gasteiger partial charge in [0.15, 0.2) is 5.16 Å². The minimum absolute atomic E-state index is 0.00761. The second-order valence-corrected chi connectivity index (χ2v) is 7.99. The Bertz CT molecular complexity index is 843. The van der Waals surface area contributed by atoms with E-state index >= 15 is 0 Å². The van der Waals surface area contributed by atoms with Gasteiger partial charge in [0.2, 0.25) is 11.8 Å². The van der Waals surface area contributed by atoms with Crippen molar-refractivity contribution < 1.29 is 9.59 Å². The number of hydrogen-bond donors (Lipinski definition) is 2. The van der Waals surface area contributed by atoms with Crippen molar-refractivity contribution in [3.8, 4) is 5.69 Å². The van der Waals surface area contributed by atoms with E-state index in [0.717, 1.165) is 42.9 Å². The van der Waals surface area contributed by atoms with Crippen LogP contribution in [0.2, 0.25) is 0 Å². The topological polar surface area (TPSA) is 88.9 Å². The van der Waals surface area contributed by atoms with E-state index in [0.29, 0.717) is 16.8 Å². The first kappa shape index (κ1) is 20.4. The van der Waals surface area contributed by atoms with Gasteiger partial charge in [-0.15, -0.1) is 10.2 Å². The lowest BCUT2D eigenvalue weighted by Crippen LogP contribution is -2.35. The predicted molar refractivity (Wildman–Crippen MR) is 111 cm³/mol. The summed E-state index contributed by atoms with van der Waals surface area (Å²) in [5.41, 5.74) is 1.61. The van der Waals surface area contributed by atoms with Crippen LogP contribution in [0.3, 0.4) is 0 Å². The fraction of sp³-hybridized carbons (Fsp3) is 0.500. The van der Waals surface area contributed by atoms with Gasteiger partial charge >= 0.3 is 0 Å². The Morgan fingerprint density at radius 2 is 2.00 bits per heavy atom. The molecule has 2 N–H and O–H groups in total. The standard InChI is InChI=1S/C20H27N5O2S/c1-4-15(5-2)22-18(27)12-28-20-24-23-19(14-9-10-14)25(20)17-8-6-7-16(11-17)21-13(3)26/h6-8,11,14-15H,4-5,9-10,12H2,1-3H3,(H,21,26)(H,22,27). The fourth-order valence-corrected chi connectivity index (χ4v) is 3.81. The van der Waals surface area contributed by atoms with Gasteiger partial charge in [0, 0.05) is 24.6 Å². The highest BCUT2D eigenvalue weighted by molar-refractivity contribution is 7.99. The second-order valence-electron chi connectivity index (χ2n) is 7.05. The molecule has 0 aliphatic heterocycles. The van der Waals surface area contributed by atoms with Crippen LogP contribution in [-0.4, -0.2) is 38.4 Å². The highest BCUT2D eigenvalue weighted by atomic mass is 32.2. The molecule has 1 aliphatic carbocycles. The van der Waals surface area contributed by atoms with Crippen LogP contribution >= 0.6 is 11.8 Å². The quantitative estimate of drug-likeness (QED) is 0.628. The molecule has 150 valence electrons. The maximum Gasteiger partial charge on any atom is 0.230 e. The maximum absolute atomic E-state index is 12.3. The zero-order valence-corrected chi connectivity index (χ0v) is 17.4. The summed E-state index contributed by atoms with van der Waals surface area (Å²) in [6, 6.07) is 7.83. The molecule has 1 heterocycles. The lowest BCUT2D eigenvalue weighted by Gasteiger charge is -2.15. The third-order valence-corrected chi connectivity index (χ3v) is 5.64. The predicted octanol–water partition coefficient (Wildman–Crippen LogP) is 3.50. The first-order valence-electron chi connectivity index (χ1n) is 9.77. The number of carbonyl (C=O) groups excluding carboxylic acids is 2. The number of anilines is 1. The van der Waals surface area contributed by atoms with Crippen LogP contribution in [0.25, 0.3) is 5.69 Å². The number of nitrogens with zero attached hydrogens (tertiary/aromatic N) is 3. The number of amides is 2. The minimum atomic E-state index is -0.115. The van der Waals surface area contributed by atoms with Gasteiger partial charge < -0.3 is 10.6 Å². The summed E-state index contributed by atoms with van der Waals surface area (Å²) >= 11 is 1.39. The van der Waals surface area contributed by atoms with Gasteiger partial charge in [-0.3, -0.25) is 14.2 Å². The molecule has 7 nitrogen and oxygen atoms in total. The normalized spacial score (nSPS) is 13.6. The molecule has 0 bridgehead atoms. The van der Waals surface area contributed by atoms with E-state index in [9.17, 15) is 9.59 Å². The molecule has 0 atom stereocenters. The van der Waals surface area contributed by atoms with Crippen LogP contribution in [0, 0.1) is 0 Å². The number of hydrogen-bond acceptors (Lipinski definition) is 5. The van der Waals surface area contributed by atoms with Crippen molar-refractivity contribution in [3.05, 3.63) is 30.1 Å². The van der Waals surface area contributed by atoms with E-state index in [-0.39, 0.29) is 17.9 Å². The van der Waals surface area contributed by atoms with E-state index in [1.54, 1.807) is 0 Å². The van der Waals surface area contributed by atoms with Crippen molar-refractivity contribution in [2.24, 2.45) is 0 Å². The number of benzene rings is 1. The largest absolute Gasteiger partial charge is 0.353 e. The minimum Gasteiger partial charge on any atom is -0.353 e. The Kier molecular flexibility index (Phi) is 6.72. The van der Waals surface area contributed by atoms with Gasteiger partial charge in [-0.2, -0.15) is 0 Å². The molecule has 2 amide bonds. The molecular formula is C20H27N5O2S. The Morgan fingerprint density at radius 3 is 2.64 bits per heavy atom. The number of aromatic nitrogens is 3. The molecule has 1 aromatic heterocycles. The van der Waals surface area contributed by atoms with Gasteiger partial charge in [-0.25, -0.2) is 0 Å². The first-order chi connectivity index (χ1) is 13.5. The summed E-state index contributed by atoms with van der Waals surface area (Å²) in [6.45, 7) is 5.63. The number of rotatable bonds is 9. The lowest BCUT2D eigenvalue weighted by atomic mass is 10.2. The van der Waals surface area contributed by atoms with Gasteiger partial charge in [0.05, 0.1) is 11.4 Å². The third-order valence-electron chi connectivity index (χ3n) is 4.71. The summed E-state index contributed by atoms with van der Waals surface area (Å²) in [5.74, 6) is 1.52. The van der Waals surface area contributed by atoms with Crippen molar-refractivity contribution in [1.29, 1.82) is 0 Å². The van der Waals surface area contributed by atoms with E-state index in [1.165, 1.54) is 18.7 Å². The fourth-order valence-electron chi connectivity index (χ4n) is 3.04. The van der Waals surface area contributed by atoms with Crippen LogP contribution in [0.15, 0.2) is 29.4 Å². The average molecular weight is 402 g/mol. The molecule has 1 aromatic carbocycles. The van der Waals surface area contributed by atoms with Crippen molar-refractivity contribution in [3.63, 3.8) is 0 Å². The summed E-state index contributed by atoms with van der Waals surface area (Å²) in [4.78, 5) is 23.7. The third kappa shape index (κ3) is 5.13. The Balaban J connectivity index is 1.80. The molecule has 1 fully saturated rings. The second kappa shape index (κ2) is 9.23. The van der Waals surface area contributed by atoms with Gasteiger partial charge in [-0.1, -0.05) is 31.7 Å². The molecule has 0 spiro atoms. The molecule has 0 radical (unpaired) electrons. The Labute approximate surface area is 169 Å². The van der Waals surface area contributed by atoms with Gasteiger partial charge in [0.1, 0.15) is 5.82 Å². The van der Waals surface area contributed by atoms with E-state index < -0.39 is 0 Å². The molecule has 2 aromatic rings. The SMILES string of the molecule is CCC(CC)NC(=O)CSc1nnc(C2CC2)n1-c1cccc(NC(C)=O)c1. The van der Waals surface area contributed by atoms with Crippen molar-refractivity contribution in [2.45, 2.75) is 63.6 Å². The lowest BCUT2D eigenvalue weighted by molar-refractivity contribution is -0.119. The van der Waals surface area contributed by atoms with Crippen molar-refractivity contribution in [2.75, 3.05) is 11.1 Å². The maximum atomic E-state index is 12.3. The summed E-state index contributed by atoms with van der Waals surface area (Å²) in [7, 11) is 0. The zero-order valence-electron chi connectivity index (χ0n) is 16.6. The number of nitrogens with one attached hydrogen (secondary N) is 2. The average Bonchev–Trinajstić information content (AvgIpc) is 3.43. The molecule has 1 saturated carbocycles. The van der Waals surface area contributed by atoms with Gasteiger partial charge in [-0.05, 0) is 43.9 Å². The summed E-state index contributed by atoms with van der Waals surface area (Å²) in [6.07, 6.45) is 4.04. The molecule has 0 unspecified atom stereocenters. The summed E-state index contributed by atoms with van der Waals surface area (Å²) in [5, 5.41) is 15.3. The van der Waals surface area contributed by atoms with E-state index in [2.05, 4.69) is 34.7 Å². The molecular weight excluding hydrogens is 374 g/mol. The Morgan fingerprint density at radius 1 is 1.25 bits per heavy atom. The molecule has 0 saturated heterocycles. The van der Waals surface area contributed by atoms with Gasteiger partial charge in [0.25, 0.3) is 0 Å². The molecule has 3 rings (SSSR count). The highest BCUT2D eigenvalue weighted by Gasteiger charge is 2.31. The van der Waals surface area contributed by atoms with Crippen molar-refractivity contribution >= 4 is 29.3 Å². The van der Waals surface area contributed by atoms with Crippen LogP contribution in [0.5, 0.6) is 0 Å². The van der Waals surface area contributed by atoms with Crippen LogP contribution in [0.1, 0.15) is 58.2 Å². The molecule has 28 heavy (non-hydrogen) atoms. The van der Waals surface area contributed by atoms with Crippen LogP contribution in [0.4, 0.5) is 5.69 Å². The molecule has 8 heteroatoms. The zero-order chi connectivity index (χ0) is 20.1. The van der Waals surface area contributed by atoms with Crippen molar-refractivity contribution in [1.82, 2.24) is 20.1 Å². The Hall–Kier alpha value is -2.35. The van der Waals surface area contributed by atoms with E-state index in [4.69, 9.17) is 0 Å². The van der Waals surface area contributed by atoms with E-state index in [1.807, 2.05) is 28.8 Å². The number of carbonyl (C=O) groups is 2. The first-order valence-corrected chi connectivity index (χ1v) is 10.8. The summed E-state index contributed by atoms with van der Waals surface area (Å²) < 4.78 is 2.01. The highest BCUT2D eigenvalue weighted by Crippen LogP contribution is 2.41. The smallest absolute Gasteiger partial charge is 0.230 e. The molecule has 1 aliphatic rings. The van der Waals surface area contributed by atoms with Crippen LogP contribution in [-0.2, 0) is 9.59 Å². The van der Waals surface area contributed by atoms with Crippen LogP contribution < -0.4 is 10.6 Å².